The molecule has 2 aromatic carbocycles. The molecule has 0 fully saturated rings. The van der Waals surface area contributed by atoms with Crippen molar-refractivity contribution in [2.45, 2.75) is 13.1 Å². The summed E-state index contributed by atoms with van der Waals surface area (Å²) in [6, 6.07) is 16.6. The number of aromatic nitrogens is 1. The highest BCUT2D eigenvalue weighted by Gasteiger charge is 2.01. The van der Waals surface area contributed by atoms with Crippen LogP contribution in [0, 0.1) is 0 Å². The van der Waals surface area contributed by atoms with Crippen molar-refractivity contribution in [1.29, 1.82) is 0 Å². The Morgan fingerprint density at radius 1 is 1.04 bits per heavy atom. The lowest BCUT2D eigenvalue weighted by molar-refractivity contribution is 0.415. The van der Waals surface area contributed by atoms with Gasteiger partial charge in [-0.3, -0.25) is 4.99 Å². The first-order valence-electron chi connectivity index (χ1n) is 8.40. The molecule has 130 valence electrons. The third kappa shape index (κ3) is 4.53. The normalized spacial score (nSPS) is 11.5. The molecule has 3 rings (SSSR count). The zero-order valence-electron chi connectivity index (χ0n) is 14.7. The smallest absolute Gasteiger partial charge is 0.191 e. The third-order valence-corrected chi connectivity index (χ3v) is 4.12. The third-order valence-electron chi connectivity index (χ3n) is 4.12. The lowest BCUT2D eigenvalue weighted by atomic mass is 10.1. The predicted molar refractivity (Wildman–Crippen MR) is 103 cm³/mol. The molecule has 25 heavy (non-hydrogen) atoms. The van der Waals surface area contributed by atoms with Crippen molar-refractivity contribution in [2.24, 2.45) is 4.99 Å². The molecule has 1 aromatic heterocycles. The van der Waals surface area contributed by atoms with Gasteiger partial charge < -0.3 is 19.9 Å². The largest absolute Gasteiger partial charge is 0.497 e. The molecule has 0 saturated heterocycles. The van der Waals surface area contributed by atoms with Crippen LogP contribution in [-0.4, -0.2) is 31.2 Å². The summed E-state index contributed by atoms with van der Waals surface area (Å²) in [7, 11) is 3.48. The highest BCUT2D eigenvalue weighted by molar-refractivity contribution is 5.85. The monoisotopic (exact) mass is 336 g/mol. The molecule has 0 bridgehead atoms. The number of rotatable bonds is 6. The van der Waals surface area contributed by atoms with Gasteiger partial charge in [0.2, 0.25) is 0 Å². The maximum absolute atomic E-state index is 5.27. The molecular weight excluding hydrogens is 312 g/mol. The Morgan fingerprint density at radius 3 is 2.56 bits per heavy atom. The van der Waals surface area contributed by atoms with Crippen LogP contribution in [0.15, 0.2) is 65.9 Å². The second-order valence-electron chi connectivity index (χ2n) is 5.82. The summed E-state index contributed by atoms with van der Waals surface area (Å²) < 4.78 is 7.41. The van der Waals surface area contributed by atoms with E-state index in [1.165, 1.54) is 16.3 Å². The summed E-state index contributed by atoms with van der Waals surface area (Å²) in [6.45, 7) is 2.46. The topological polar surface area (TPSA) is 50.6 Å². The maximum atomic E-state index is 5.27. The molecule has 0 amide bonds. The van der Waals surface area contributed by atoms with Gasteiger partial charge in [0.25, 0.3) is 0 Å². The average molecular weight is 336 g/mol. The molecule has 0 aliphatic heterocycles. The highest BCUT2D eigenvalue weighted by atomic mass is 16.5. The van der Waals surface area contributed by atoms with Gasteiger partial charge in [0.1, 0.15) is 5.75 Å². The molecule has 0 saturated carbocycles. The van der Waals surface area contributed by atoms with Gasteiger partial charge in [0, 0.05) is 39.1 Å². The van der Waals surface area contributed by atoms with Gasteiger partial charge >= 0.3 is 0 Å². The number of benzene rings is 2. The van der Waals surface area contributed by atoms with Crippen molar-refractivity contribution in [3.8, 4) is 5.75 Å². The molecule has 5 heteroatoms. The summed E-state index contributed by atoms with van der Waals surface area (Å²) in [5, 5.41) is 9.07. The summed E-state index contributed by atoms with van der Waals surface area (Å²) in [5.41, 5.74) is 1.21. The van der Waals surface area contributed by atoms with Crippen LogP contribution in [0.25, 0.3) is 10.8 Å². The fourth-order valence-electron chi connectivity index (χ4n) is 2.74. The fraction of sp³-hybridized carbons (Fsp3) is 0.250. The van der Waals surface area contributed by atoms with E-state index in [4.69, 9.17) is 4.74 Å². The number of ether oxygens (including phenoxy) is 1. The van der Waals surface area contributed by atoms with Crippen molar-refractivity contribution >= 4 is 16.7 Å². The molecule has 3 aromatic rings. The lowest BCUT2D eigenvalue weighted by Crippen LogP contribution is -2.38. The van der Waals surface area contributed by atoms with Crippen molar-refractivity contribution in [3.63, 3.8) is 0 Å². The van der Waals surface area contributed by atoms with Crippen molar-refractivity contribution in [3.05, 3.63) is 66.5 Å². The standard InChI is InChI=1S/C20H24N4O/c1-21-20(22-9-12-24-10-3-4-11-24)23-15-16-5-6-18-14-19(25-2)8-7-17(18)13-16/h3-8,10-11,13-14H,9,12,15H2,1-2H3,(H2,21,22,23). The second kappa shape index (κ2) is 8.24. The zero-order valence-corrected chi connectivity index (χ0v) is 14.7. The van der Waals surface area contributed by atoms with Crippen LogP contribution in [0.3, 0.4) is 0 Å². The maximum Gasteiger partial charge on any atom is 0.191 e. The molecular formula is C20H24N4O. The summed E-state index contributed by atoms with van der Waals surface area (Å²) in [6.07, 6.45) is 4.11. The Balaban J connectivity index is 1.55. The Kier molecular flexibility index (Phi) is 5.57. The van der Waals surface area contributed by atoms with Gasteiger partial charge in [-0.25, -0.2) is 0 Å². The number of nitrogens with one attached hydrogen (secondary N) is 2. The molecule has 0 atom stereocenters. The van der Waals surface area contributed by atoms with Crippen LogP contribution < -0.4 is 15.4 Å². The number of guanidine groups is 1. The minimum Gasteiger partial charge on any atom is -0.497 e. The van der Waals surface area contributed by atoms with E-state index in [0.717, 1.165) is 31.3 Å². The van der Waals surface area contributed by atoms with Gasteiger partial charge in [0.15, 0.2) is 5.96 Å². The summed E-state index contributed by atoms with van der Waals surface area (Å²) in [5.74, 6) is 1.69. The number of hydrogen-bond donors (Lipinski definition) is 2. The number of aliphatic imine (C=N–C) groups is 1. The van der Waals surface area contributed by atoms with E-state index in [0.29, 0.717) is 0 Å². The minimum absolute atomic E-state index is 0.727. The van der Waals surface area contributed by atoms with Gasteiger partial charge in [-0.15, -0.1) is 0 Å². The van der Waals surface area contributed by atoms with Gasteiger partial charge in [0.05, 0.1) is 7.11 Å². The average Bonchev–Trinajstić information content (AvgIpc) is 3.17. The molecule has 0 radical (unpaired) electrons. The molecule has 5 nitrogen and oxygen atoms in total. The number of hydrogen-bond acceptors (Lipinski definition) is 2. The van der Waals surface area contributed by atoms with E-state index in [-0.39, 0.29) is 0 Å². The molecule has 0 spiro atoms. The predicted octanol–water partition coefficient (Wildman–Crippen LogP) is 3.02. The van der Waals surface area contributed by atoms with E-state index in [9.17, 15) is 0 Å². The van der Waals surface area contributed by atoms with E-state index >= 15 is 0 Å². The molecule has 2 N–H and O–H groups in total. The summed E-state index contributed by atoms with van der Waals surface area (Å²) >= 11 is 0. The van der Waals surface area contributed by atoms with Crippen molar-refractivity contribution < 1.29 is 4.74 Å². The molecule has 0 aliphatic carbocycles. The number of methoxy groups -OCH3 is 1. The lowest BCUT2D eigenvalue weighted by Gasteiger charge is -2.13. The minimum atomic E-state index is 0.727. The van der Waals surface area contributed by atoms with Crippen molar-refractivity contribution in [1.82, 2.24) is 15.2 Å². The molecule has 0 unspecified atom stereocenters. The van der Waals surface area contributed by atoms with Gasteiger partial charge in [-0.1, -0.05) is 18.2 Å². The highest BCUT2D eigenvalue weighted by Crippen LogP contribution is 2.21. The van der Waals surface area contributed by atoms with Gasteiger partial charge in [-0.05, 0) is 46.7 Å². The van der Waals surface area contributed by atoms with Crippen LogP contribution >= 0.6 is 0 Å². The van der Waals surface area contributed by atoms with Crippen molar-refractivity contribution in [2.75, 3.05) is 20.7 Å². The van der Waals surface area contributed by atoms with E-state index in [2.05, 4.69) is 56.9 Å². The van der Waals surface area contributed by atoms with Gasteiger partial charge in [-0.2, -0.15) is 0 Å². The Hall–Kier alpha value is -2.95. The first kappa shape index (κ1) is 16.9. The first-order chi connectivity index (χ1) is 12.3. The summed E-state index contributed by atoms with van der Waals surface area (Å²) in [4.78, 5) is 4.28. The van der Waals surface area contributed by atoms with Crippen LogP contribution in [-0.2, 0) is 13.1 Å². The van der Waals surface area contributed by atoms with E-state index in [1.54, 1.807) is 14.2 Å². The number of nitrogens with zero attached hydrogens (tertiary/aromatic N) is 2. The van der Waals surface area contributed by atoms with Crippen LogP contribution in [0.1, 0.15) is 5.56 Å². The molecule has 1 heterocycles. The SMILES string of the molecule is CN=C(NCCn1cccc1)NCc1ccc2cc(OC)ccc2c1. The zero-order chi connectivity index (χ0) is 17.5. The Labute approximate surface area is 148 Å². The Bertz CT molecular complexity index is 840. The second-order valence-corrected chi connectivity index (χ2v) is 5.82. The van der Waals surface area contributed by atoms with Crippen LogP contribution in [0.2, 0.25) is 0 Å². The van der Waals surface area contributed by atoms with Crippen LogP contribution in [0.4, 0.5) is 0 Å². The van der Waals surface area contributed by atoms with E-state index < -0.39 is 0 Å². The fourth-order valence-corrected chi connectivity index (χ4v) is 2.74. The van der Waals surface area contributed by atoms with Crippen LogP contribution in [0.5, 0.6) is 5.75 Å². The number of fused-ring (bicyclic) bond motifs is 1. The first-order valence-corrected chi connectivity index (χ1v) is 8.40. The quantitative estimate of drug-likeness (QED) is 0.537. The Morgan fingerprint density at radius 2 is 1.80 bits per heavy atom. The van der Waals surface area contributed by atoms with E-state index in [1.807, 2.05) is 24.3 Å². The molecule has 0 aliphatic rings.